The third kappa shape index (κ3) is 1.81. The first kappa shape index (κ1) is 8.13. The van der Waals surface area contributed by atoms with Crippen molar-refractivity contribution in [3.05, 3.63) is 12.5 Å². The maximum atomic E-state index is 4.26. The normalized spacial score (nSPS) is 18.8. The maximum absolute atomic E-state index is 4.26. The van der Waals surface area contributed by atoms with Crippen molar-refractivity contribution >= 4 is 11.9 Å². The van der Waals surface area contributed by atoms with Crippen LogP contribution in [0.1, 0.15) is 12.8 Å². The van der Waals surface area contributed by atoms with E-state index in [0.29, 0.717) is 0 Å². The van der Waals surface area contributed by atoms with Gasteiger partial charge in [-0.15, -0.1) is 0 Å². The van der Waals surface area contributed by atoms with E-state index in [1.165, 1.54) is 25.9 Å². The van der Waals surface area contributed by atoms with Gasteiger partial charge in [0.05, 0.1) is 6.33 Å². The van der Waals surface area contributed by atoms with Crippen LogP contribution < -0.4 is 0 Å². The molecule has 1 fully saturated rings. The molecule has 1 aliphatic heterocycles. The minimum Gasteiger partial charge on any atom is -0.339 e. The quantitative estimate of drug-likeness (QED) is 0.649. The van der Waals surface area contributed by atoms with Gasteiger partial charge >= 0.3 is 0 Å². The molecule has 12 heavy (non-hydrogen) atoms. The molecule has 0 saturated carbocycles. The summed E-state index contributed by atoms with van der Waals surface area (Å²) in [6, 6.07) is 0. The van der Waals surface area contributed by atoms with Crippen LogP contribution in [0.15, 0.2) is 17.6 Å². The summed E-state index contributed by atoms with van der Waals surface area (Å²) in [4.78, 5) is 4.26. The van der Waals surface area contributed by atoms with Gasteiger partial charge in [-0.3, -0.25) is 0 Å². The van der Waals surface area contributed by atoms with Crippen LogP contribution in [0, 0.1) is 0 Å². The molecule has 0 aliphatic carbocycles. The number of imidazole rings is 1. The number of aryl methyl sites for hydroxylation is 1. The van der Waals surface area contributed by atoms with E-state index in [1.54, 1.807) is 11.9 Å². The lowest BCUT2D eigenvalue weighted by atomic mass is 10.4. The third-order valence-corrected chi connectivity index (χ3v) is 2.99. The van der Waals surface area contributed by atoms with Crippen molar-refractivity contribution in [3.8, 4) is 0 Å². The highest BCUT2D eigenvalue weighted by Crippen LogP contribution is 2.24. The van der Waals surface area contributed by atoms with Crippen molar-refractivity contribution in [3.63, 3.8) is 0 Å². The summed E-state index contributed by atoms with van der Waals surface area (Å²) >= 11 is 1.77. The first-order valence-electron chi connectivity index (χ1n) is 4.25. The van der Waals surface area contributed by atoms with E-state index in [-0.39, 0.29) is 0 Å². The number of nitrogens with zero attached hydrogens (tertiary/aromatic N) is 3. The van der Waals surface area contributed by atoms with Gasteiger partial charge in [0.1, 0.15) is 5.03 Å². The molecule has 2 rings (SSSR count). The lowest BCUT2D eigenvalue weighted by Crippen LogP contribution is -2.08. The molecule has 0 N–H and O–H groups in total. The van der Waals surface area contributed by atoms with Crippen LogP contribution in [0.4, 0.5) is 0 Å². The molecule has 0 bridgehead atoms. The summed E-state index contributed by atoms with van der Waals surface area (Å²) in [7, 11) is 2.00. The summed E-state index contributed by atoms with van der Waals surface area (Å²) in [6.45, 7) is 2.42. The molecule has 0 radical (unpaired) electrons. The Morgan fingerprint density at radius 3 is 2.75 bits per heavy atom. The predicted octanol–water partition coefficient (Wildman–Crippen LogP) is 1.52. The van der Waals surface area contributed by atoms with Gasteiger partial charge in [0.25, 0.3) is 0 Å². The van der Waals surface area contributed by atoms with Gasteiger partial charge in [-0.05, 0) is 24.8 Å². The van der Waals surface area contributed by atoms with E-state index < -0.39 is 0 Å². The molecule has 0 unspecified atom stereocenters. The zero-order chi connectivity index (χ0) is 8.39. The summed E-state index contributed by atoms with van der Waals surface area (Å²) in [6.07, 6.45) is 6.57. The number of hydrogen-bond donors (Lipinski definition) is 0. The average Bonchev–Trinajstić information content (AvgIpc) is 2.63. The van der Waals surface area contributed by atoms with E-state index in [2.05, 4.69) is 15.5 Å². The van der Waals surface area contributed by atoms with E-state index in [4.69, 9.17) is 0 Å². The summed E-state index contributed by atoms with van der Waals surface area (Å²) in [5, 5.41) is 1.11. The first-order chi connectivity index (χ1) is 5.84. The topological polar surface area (TPSA) is 21.1 Å². The van der Waals surface area contributed by atoms with Gasteiger partial charge in [0, 0.05) is 26.3 Å². The smallest absolute Gasteiger partial charge is 0.129 e. The Labute approximate surface area is 76.9 Å². The Bertz CT molecular complexity index is 253. The molecule has 1 aliphatic rings. The molecule has 1 aromatic heterocycles. The van der Waals surface area contributed by atoms with Crippen LogP contribution in [-0.2, 0) is 7.05 Å². The fourth-order valence-electron chi connectivity index (χ4n) is 1.35. The molecular weight excluding hydrogens is 170 g/mol. The van der Waals surface area contributed by atoms with Crippen molar-refractivity contribution < 1.29 is 0 Å². The Hall–Kier alpha value is -0.480. The SMILES string of the molecule is Cn1cnc(SN2CCCC2)c1. The first-order valence-corrected chi connectivity index (χ1v) is 5.03. The predicted molar refractivity (Wildman–Crippen MR) is 49.9 cm³/mol. The van der Waals surface area contributed by atoms with Gasteiger partial charge in [-0.1, -0.05) is 0 Å². The molecular formula is C8H13N3S. The largest absolute Gasteiger partial charge is 0.339 e. The van der Waals surface area contributed by atoms with Crippen LogP contribution in [0.25, 0.3) is 0 Å². The number of rotatable bonds is 2. The van der Waals surface area contributed by atoms with Crippen molar-refractivity contribution in [2.45, 2.75) is 17.9 Å². The molecule has 0 atom stereocenters. The fraction of sp³-hybridized carbons (Fsp3) is 0.625. The van der Waals surface area contributed by atoms with Gasteiger partial charge < -0.3 is 4.57 Å². The molecule has 0 amide bonds. The second-order valence-corrected chi connectivity index (χ2v) is 4.22. The Morgan fingerprint density at radius 1 is 1.42 bits per heavy atom. The maximum Gasteiger partial charge on any atom is 0.129 e. The van der Waals surface area contributed by atoms with E-state index in [1.807, 2.05) is 17.9 Å². The number of hydrogen-bond acceptors (Lipinski definition) is 3. The zero-order valence-electron chi connectivity index (χ0n) is 7.23. The van der Waals surface area contributed by atoms with E-state index in [0.717, 1.165) is 5.03 Å². The third-order valence-electron chi connectivity index (χ3n) is 1.97. The van der Waals surface area contributed by atoms with Crippen LogP contribution in [-0.4, -0.2) is 26.9 Å². The Morgan fingerprint density at radius 2 is 2.17 bits per heavy atom. The molecule has 4 heteroatoms. The minimum absolute atomic E-state index is 1.11. The summed E-state index contributed by atoms with van der Waals surface area (Å²) in [5.41, 5.74) is 0. The van der Waals surface area contributed by atoms with E-state index >= 15 is 0 Å². The van der Waals surface area contributed by atoms with Crippen LogP contribution in [0.2, 0.25) is 0 Å². The fourth-order valence-corrected chi connectivity index (χ4v) is 2.36. The molecule has 66 valence electrons. The minimum atomic E-state index is 1.11. The Balaban J connectivity index is 1.94. The van der Waals surface area contributed by atoms with Crippen molar-refractivity contribution in [2.24, 2.45) is 7.05 Å². The number of aromatic nitrogens is 2. The molecule has 0 spiro atoms. The van der Waals surface area contributed by atoms with Gasteiger partial charge in [0.2, 0.25) is 0 Å². The highest BCUT2D eigenvalue weighted by molar-refractivity contribution is 7.97. The van der Waals surface area contributed by atoms with Crippen LogP contribution in [0.3, 0.4) is 0 Å². The Kier molecular flexibility index (Phi) is 2.37. The standard InChI is InChI=1S/C8H13N3S/c1-10-6-8(9-7-10)12-11-4-2-3-5-11/h6-7H,2-5H2,1H3. The van der Waals surface area contributed by atoms with Gasteiger partial charge in [0.15, 0.2) is 0 Å². The molecule has 1 saturated heterocycles. The van der Waals surface area contributed by atoms with Crippen molar-refractivity contribution in [1.82, 2.24) is 13.9 Å². The lowest BCUT2D eigenvalue weighted by Gasteiger charge is -2.09. The molecule has 2 heterocycles. The van der Waals surface area contributed by atoms with Gasteiger partial charge in [-0.2, -0.15) is 0 Å². The highest BCUT2D eigenvalue weighted by atomic mass is 32.2. The molecule has 1 aromatic rings. The summed E-state index contributed by atoms with van der Waals surface area (Å²) in [5.74, 6) is 0. The van der Waals surface area contributed by atoms with Crippen LogP contribution in [0.5, 0.6) is 0 Å². The molecule has 3 nitrogen and oxygen atoms in total. The van der Waals surface area contributed by atoms with Crippen LogP contribution >= 0.6 is 11.9 Å². The zero-order valence-corrected chi connectivity index (χ0v) is 8.05. The second kappa shape index (κ2) is 3.49. The van der Waals surface area contributed by atoms with Gasteiger partial charge in [-0.25, -0.2) is 9.29 Å². The van der Waals surface area contributed by atoms with Crippen molar-refractivity contribution in [1.29, 1.82) is 0 Å². The summed E-state index contributed by atoms with van der Waals surface area (Å²) < 4.78 is 4.36. The van der Waals surface area contributed by atoms with E-state index in [9.17, 15) is 0 Å². The van der Waals surface area contributed by atoms with Crippen molar-refractivity contribution in [2.75, 3.05) is 13.1 Å². The monoisotopic (exact) mass is 183 g/mol. The highest BCUT2D eigenvalue weighted by Gasteiger charge is 2.13. The molecule has 0 aromatic carbocycles. The average molecular weight is 183 g/mol. The lowest BCUT2D eigenvalue weighted by molar-refractivity contribution is 0.585. The second-order valence-electron chi connectivity index (χ2n) is 3.10.